The molecular weight excluding hydrogens is 268 g/mol. The lowest BCUT2D eigenvalue weighted by Gasteiger charge is -2.04. The third-order valence-corrected chi connectivity index (χ3v) is 3.45. The molecule has 6 heteroatoms. The summed E-state index contributed by atoms with van der Waals surface area (Å²) in [6, 6.07) is 9.31. The first-order valence-corrected chi connectivity index (χ1v) is 6.53. The van der Waals surface area contributed by atoms with Crippen molar-refractivity contribution in [3.8, 4) is 5.75 Å². The smallest absolute Gasteiger partial charge is 0.273 e. The van der Waals surface area contributed by atoms with Crippen molar-refractivity contribution in [2.45, 2.75) is 0 Å². The van der Waals surface area contributed by atoms with Gasteiger partial charge in [0, 0.05) is 31.7 Å². The summed E-state index contributed by atoms with van der Waals surface area (Å²) in [7, 11) is 5.28. The monoisotopic (exact) mass is 284 g/mol. The lowest BCUT2D eigenvalue weighted by atomic mass is 10.2. The first-order valence-electron chi connectivity index (χ1n) is 6.53. The van der Waals surface area contributed by atoms with E-state index in [1.165, 1.54) is 0 Å². The minimum absolute atomic E-state index is 0.200. The molecule has 3 aromatic rings. The maximum absolute atomic E-state index is 12.4. The molecule has 3 rings (SSSR count). The standard InChI is InChI=1S/C15H16N4O2/c1-18-8-7-14(17-18)16-15(20)12-9-10-11(19(12)2)5-4-6-13(10)21-3/h4-9H,1-3H3,(H,16,17,20). The zero-order chi connectivity index (χ0) is 15.0. The van der Waals surface area contributed by atoms with Crippen LogP contribution in [0.2, 0.25) is 0 Å². The van der Waals surface area contributed by atoms with E-state index in [0.717, 1.165) is 16.7 Å². The largest absolute Gasteiger partial charge is 0.496 e. The van der Waals surface area contributed by atoms with Crippen LogP contribution in [0.4, 0.5) is 5.82 Å². The number of hydrogen-bond donors (Lipinski definition) is 1. The average molecular weight is 284 g/mol. The van der Waals surface area contributed by atoms with E-state index in [0.29, 0.717) is 11.5 Å². The Morgan fingerprint density at radius 2 is 2.10 bits per heavy atom. The van der Waals surface area contributed by atoms with Gasteiger partial charge in [0.05, 0.1) is 12.6 Å². The van der Waals surface area contributed by atoms with Crippen molar-refractivity contribution in [1.29, 1.82) is 0 Å². The van der Waals surface area contributed by atoms with Gasteiger partial charge in [-0.15, -0.1) is 0 Å². The van der Waals surface area contributed by atoms with Gasteiger partial charge in [0.1, 0.15) is 11.4 Å². The van der Waals surface area contributed by atoms with Crippen molar-refractivity contribution in [3.63, 3.8) is 0 Å². The summed E-state index contributed by atoms with van der Waals surface area (Å²) in [5, 5.41) is 7.84. The Morgan fingerprint density at radius 1 is 1.29 bits per heavy atom. The van der Waals surface area contributed by atoms with Crippen LogP contribution in [0.5, 0.6) is 5.75 Å². The van der Waals surface area contributed by atoms with Gasteiger partial charge in [-0.3, -0.25) is 9.48 Å². The van der Waals surface area contributed by atoms with Gasteiger partial charge < -0.3 is 14.6 Å². The number of aromatic nitrogens is 3. The van der Waals surface area contributed by atoms with Gasteiger partial charge in [0.2, 0.25) is 0 Å². The van der Waals surface area contributed by atoms with Crippen LogP contribution >= 0.6 is 0 Å². The van der Waals surface area contributed by atoms with Crippen LogP contribution in [-0.2, 0) is 14.1 Å². The van der Waals surface area contributed by atoms with E-state index in [1.54, 1.807) is 31.1 Å². The maximum atomic E-state index is 12.4. The molecule has 21 heavy (non-hydrogen) atoms. The molecule has 0 fully saturated rings. The Morgan fingerprint density at radius 3 is 2.76 bits per heavy atom. The number of nitrogens with one attached hydrogen (secondary N) is 1. The van der Waals surface area contributed by atoms with Gasteiger partial charge in [-0.25, -0.2) is 0 Å². The molecule has 1 aromatic carbocycles. The van der Waals surface area contributed by atoms with Crippen LogP contribution in [0.1, 0.15) is 10.5 Å². The number of anilines is 1. The minimum Gasteiger partial charge on any atom is -0.496 e. The lowest BCUT2D eigenvalue weighted by Crippen LogP contribution is -2.15. The van der Waals surface area contributed by atoms with Crippen LogP contribution < -0.4 is 10.1 Å². The van der Waals surface area contributed by atoms with Gasteiger partial charge >= 0.3 is 0 Å². The Bertz CT molecular complexity index is 816. The molecule has 0 aliphatic heterocycles. The number of carbonyl (C=O) groups is 1. The van der Waals surface area contributed by atoms with Crippen LogP contribution in [0.25, 0.3) is 10.9 Å². The number of nitrogens with zero attached hydrogens (tertiary/aromatic N) is 3. The topological polar surface area (TPSA) is 61.1 Å². The molecular formula is C15H16N4O2. The number of benzene rings is 1. The summed E-state index contributed by atoms with van der Waals surface area (Å²) in [5.74, 6) is 1.08. The SMILES string of the molecule is COc1cccc2c1cc(C(=O)Nc1ccn(C)n1)n2C. The van der Waals surface area contributed by atoms with Gasteiger partial charge in [0.15, 0.2) is 5.82 Å². The fourth-order valence-electron chi connectivity index (χ4n) is 2.39. The maximum Gasteiger partial charge on any atom is 0.273 e. The summed E-state index contributed by atoms with van der Waals surface area (Å²) >= 11 is 0. The van der Waals surface area contributed by atoms with E-state index >= 15 is 0 Å². The molecule has 0 aliphatic carbocycles. The van der Waals surface area contributed by atoms with Crippen LogP contribution in [0, 0.1) is 0 Å². The predicted octanol–water partition coefficient (Wildman–Crippen LogP) is 2.17. The van der Waals surface area contributed by atoms with Crippen molar-refractivity contribution < 1.29 is 9.53 Å². The molecule has 0 saturated carbocycles. The molecule has 0 radical (unpaired) electrons. The number of hydrogen-bond acceptors (Lipinski definition) is 3. The fraction of sp³-hybridized carbons (Fsp3) is 0.200. The number of methoxy groups -OCH3 is 1. The number of carbonyl (C=O) groups excluding carboxylic acids is 1. The third kappa shape index (κ3) is 2.24. The number of aryl methyl sites for hydroxylation is 2. The molecule has 0 unspecified atom stereocenters. The molecule has 108 valence electrons. The average Bonchev–Trinajstić information content (AvgIpc) is 3.03. The van der Waals surface area contributed by atoms with Crippen LogP contribution in [-0.4, -0.2) is 27.4 Å². The molecule has 2 heterocycles. The molecule has 0 saturated heterocycles. The van der Waals surface area contributed by atoms with Gasteiger partial charge in [-0.2, -0.15) is 5.10 Å². The van der Waals surface area contributed by atoms with Gasteiger partial charge in [-0.1, -0.05) is 6.07 Å². The highest BCUT2D eigenvalue weighted by Gasteiger charge is 2.16. The molecule has 0 atom stereocenters. The molecule has 0 bridgehead atoms. The van der Waals surface area contributed by atoms with E-state index < -0.39 is 0 Å². The van der Waals surface area contributed by atoms with Gasteiger partial charge in [0.25, 0.3) is 5.91 Å². The molecule has 1 amide bonds. The second-order valence-corrected chi connectivity index (χ2v) is 4.81. The van der Waals surface area contributed by atoms with E-state index in [2.05, 4.69) is 10.4 Å². The first kappa shape index (κ1) is 13.2. The predicted molar refractivity (Wildman–Crippen MR) is 80.6 cm³/mol. The Hall–Kier alpha value is -2.76. The Labute approximate surface area is 121 Å². The van der Waals surface area contributed by atoms with E-state index in [1.807, 2.05) is 35.9 Å². The van der Waals surface area contributed by atoms with Crippen molar-refractivity contribution in [1.82, 2.24) is 14.3 Å². The van der Waals surface area contributed by atoms with Crippen molar-refractivity contribution in [2.24, 2.45) is 14.1 Å². The second kappa shape index (κ2) is 4.97. The minimum atomic E-state index is -0.200. The number of rotatable bonds is 3. The highest BCUT2D eigenvalue weighted by molar-refractivity contribution is 6.06. The van der Waals surface area contributed by atoms with E-state index in [-0.39, 0.29) is 5.91 Å². The van der Waals surface area contributed by atoms with Gasteiger partial charge in [-0.05, 0) is 18.2 Å². The zero-order valence-electron chi connectivity index (χ0n) is 12.1. The summed E-state index contributed by atoms with van der Waals surface area (Å²) in [6.45, 7) is 0. The normalized spacial score (nSPS) is 10.8. The summed E-state index contributed by atoms with van der Waals surface area (Å²) in [6.07, 6.45) is 1.78. The third-order valence-electron chi connectivity index (χ3n) is 3.45. The highest BCUT2D eigenvalue weighted by atomic mass is 16.5. The highest BCUT2D eigenvalue weighted by Crippen LogP contribution is 2.28. The Kier molecular flexibility index (Phi) is 3.13. The van der Waals surface area contributed by atoms with Crippen molar-refractivity contribution in [2.75, 3.05) is 12.4 Å². The molecule has 6 nitrogen and oxygen atoms in total. The van der Waals surface area contributed by atoms with Crippen molar-refractivity contribution in [3.05, 3.63) is 42.2 Å². The summed E-state index contributed by atoms with van der Waals surface area (Å²) < 4.78 is 8.82. The van der Waals surface area contributed by atoms with Crippen LogP contribution in [0.15, 0.2) is 36.5 Å². The molecule has 2 aromatic heterocycles. The molecule has 0 aliphatic rings. The van der Waals surface area contributed by atoms with E-state index in [4.69, 9.17) is 4.74 Å². The lowest BCUT2D eigenvalue weighted by molar-refractivity contribution is 0.101. The molecule has 1 N–H and O–H groups in total. The zero-order valence-corrected chi connectivity index (χ0v) is 12.1. The fourth-order valence-corrected chi connectivity index (χ4v) is 2.39. The van der Waals surface area contributed by atoms with Crippen LogP contribution in [0.3, 0.4) is 0 Å². The Balaban J connectivity index is 2.00. The number of fused-ring (bicyclic) bond motifs is 1. The summed E-state index contributed by atoms with van der Waals surface area (Å²) in [5.41, 5.74) is 1.50. The van der Waals surface area contributed by atoms with E-state index in [9.17, 15) is 4.79 Å². The number of ether oxygens (including phenoxy) is 1. The first-order chi connectivity index (χ1) is 10.1. The second-order valence-electron chi connectivity index (χ2n) is 4.81. The van der Waals surface area contributed by atoms with Crippen molar-refractivity contribution >= 4 is 22.6 Å². The summed E-state index contributed by atoms with van der Waals surface area (Å²) in [4.78, 5) is 12.4. The number of amides is 1. The molecule has 0 spiro atoms. The quantitative estimate of drug-likeness (QED) is 0.802.